The summed E-state index contributed by atoms with van der Waals surface area (Å²) in [6, 6.07) is 2.16. The smallest absolute Gasteiger partial charge is 0.190 e. The lowest BCUT2D eigenvalue weighted by Crippen LogP contribution is -2.32. The molecule has 1 fully saturated rings. The van der Waals surface area contributed by atoms with Crippen LogP contribution in [-0.4, -0.2) is 40.0 Å². The molecule has 2 heterocycles. The minimum atomic E-state index is -0.284. The molecule has 0 spiro atoms. The van der Waals surface area contributed by atoms with Gasteiger partial charge >= 0.3 is 0 Å². The SMILES string of the molecule is CSc1nc(Cl)cc(N2CCCC2CC(C)O)n1. The normalized spacial score (nSPS) is 21.3. The summed E-state index contributed by atoms with van der Waals surface area (Å²) in [5.41, 5.74) is 0. The summed E-state index contributed by atoms with van der Waals surface area (Å²) >= 11 is 7.51. The van der Waals surface area contributed by atoms with Crippen molar-refractivity contribution >= 4 is 29.2 Å². The van der Waals surface area contributed by atoms with Crippen molar-refractivity contribution in [2.45, 2.75) is 43.5 Å². The molecule has 0 aromatic carbocycles. The average molecular weight is 288 g/mol. The molecule has 0 aliphatic carbocycles. The van der Waals surface area contributed by atoms with Gasteiger partial charge in [0.1, 0.15) is 11.0 Å². The van der Waals surface area contributed by atoms with E-state index in [1.165, 1.54) is 11.8 Å². The third-order valence-corrected chi connectivity index (χ3v) is 3.87. The molecule has 1 saturated heterocycles. The highest BCUT2D eigenvalue weighted by Crippen LogP contribution is 2.29. The van der Waals surface area contributed by atoms with E-state index in [4.69, 9.17) is 11.6 Å². The monoisotopic (exact) mass is 287 g/mol. The van der Waals surface area contributed by atoms with Gasteiger partial charge in [-0.3, -0.25) is 0 Å². The minimum absolute atomic E-state index is 0.284. The van der Waals surface area contributed by atoms with Crippen LogP contribution in [0.15, 0.2) is 11.2 Å². The van der Waals surface area contributed by atoms with Crippen molar-refractivity contribution in [2.24, 2.45) is 0 Å². The van der Waals surface area contributed by atoms with Crippen molar-refractivity contribution in [2.75, 3.05) is 17.7 Å². The maximum Gasteiger partial charge on any atom is 0.190 e. The molecule has 4 nitrogen and oxygen atoms in total. The average Bonchev–Trinajstić information content (AvgIpc) is 2.75. The van der Waals surface area contributed by atoms with Gasteiger partial charge in [-0.25, -0.2) is 9.97 Å². The molecule has 2 unspecified atom stereocenters. The molecule has 6 heteroatoms. The fraction of sp³-hybridized carbons (Fsp3) is 0.667. The maximum absolute atomic E-state index is 9.54. The van der Waals surface area contributed by atoms with Crippen molar-refractivity contribution in [3.8, 4) is 0 Å². The van der Waals surface area contributed by atoms with Crippen molar-refractivity contribution in [3.05, 3.63) is 11.2 Å². The number of aliphatic hydroxyl groups excluding tert-OH is 1. The molecule has 1 aliphatic rings. The summed E-state index contributed by atoms with van der Waals surface area (Å²) in [5, 5.41) is 10.7. The third-order valence-electron chi connectivity index (χ3n) is 3.13. The summed E-state index contributed by atoms with van der Waals surface area (Å²) in [6.45, 7) is 2.80. The number of nitrogens with zero attached hydrogens (tertiary/aromatic N) is 3. The second-order valence-corrected chi connectivity index (χ2v) is 5.77. The van der Waals surface area contributed by atoms with Gasteiger partial charge in [-0.05, 0) is 32.4 Å². The Kier molecular flexibility index (Phi) is 4.70. The Morgan fingerprint density at radius 1 is 1.61 bits per heavy atom. The Bertz CT molecular complexity index is 416. The molecule has 2 rings (SSSR count). The molecule has 18 heavy (non-hydrogen) atoms. The van der Waals surface area contributed by atoms with Crippen LogP contribution in [0.2, 0.25) is 5.15 Å². The first-order chi connectivity index (χ1) is 8.60. The first kappa shape index (κ1) is 13.9. The fourth-order valence-electron chi connectivity index (χ4n) is 2.40. The van der Waals surface area contributed by atoms with Gasteiger partial charge in [-0.2, -0.15) is 0 Å². The highest BCUT2D eigenvalue weighted by atomic mass is 35.5. The highest BCUT2D eigenvalue weighted by Gasteiger charge is 2.27. The quantitative estimate of drug-likeness (QED) is 0.524. The van der Waals surface area contributed by atoms with Crippen LogP contribution in [-0.2, 0) is 0 Å². The zero-order valence-corrected chi connectivity index (χ0v) is 12.2. The van der Waals surface area contributed by atoms with E-state index in [9.17, 15) is 5.11 Å². The molecule has 0 bridgehead atoms. The van der Waals surface area contributed by atoms with Crippen molar-refractivity contribution in [1.29, 1.82) is 0 Å². The lowest BCUT2D eigenvalue weighted by Gasteiger charge is -2.26. The minimum Gasteiger partial charge on any atom is -0.393 e. The first-order valence-electron chi connectivity index (χ1n) is 6.13. The van der Waals surface area contributed by atoms with Crippen LogP contribution in [0.4, 0.5) is 5.82 Å². The summed E-state index contributed by atoms with van der Waals surface area (Å²) in [7, 11) is 0. The molecule has 0 radical (unpaired) electrons. The summed E-state index contributed by atoms with van der Waals surface area (Å²) < 4.78 is 0. The van der Waals surface area contributed by atoms with E-state index in [1.54, 1.807) is 0 Å². The third kappa shape index (κ3) is 3.28. The lowest BCUT2D eigenvalue weighted by molar-refractivity contribution is 0.175. The largest absolute Gasteiger partial charge is 0.393 e. The molecule has 0 saturated carbocycles. The van der Waals surface area contributed by atoms with Gasteiger partial charge in [0.2, 0.25) is 0 Å². The van der Waals surface area contributed by atoms with Crippen molar-refractivity contribution in [1.82, 2.24) is 9.97 Å². The number of aliphatic hydroxyl groups is 1. The predicted molar refractivity (Wildman–Crippen MR) is 75.5 cm³/mol. The Morgan fingerprint density at radius 2 is 2.39 bits per heavy atom. The number of anilines is 1. The molecule has 1 aliphatic heterocycles. The van der Waals surface area contributed by atoms with Crippen LogP contribution >= 0.6 is 23.4 Å². The Balaban J connectivity index is 2.21. The van der Waals surface area contributed by atoms with Crippen LogP contribution < -0.4 is 4.90 Å². The zero-order chi connectivity index (χ0) is 13.1. The number of hydrogen-bond acceptors (Lipinski definition) is 5. The zero-order valence-electron chi connectivity index (χ0n) is 10.6. The highest BCUT2D eigenvalue weighted by molar-refractivity contribution is 7.98. The number of hydrogen-bond donors (Lipinski definition) is 1. The fourth-order valence-corrected chi connectivity index (χ4v) is 3.00. The number of rotatable bonds is 4. The summed E-state index contributed by atoms with van der Waals surface area (Å²) in [6.07, 6.45) is 4.66. The van der Waals surface area contributed by atoms with Crippen molar-refractivity contribution in [3.63, 3.8) is 0 Å². The van der Waals surface area contributed by atoms with Gasteiger partial charge in [-0.15, -0.1) is 0 Å². The number of aromatic nitrogens is 2. The van der Waals surface area contributed by atoms with E-state index < -0.39 is 0 Å². The van der Waals surface area contributed by atoms with E-state index in [0.717, 1.165) is 31.6 Å². The molecule has 1 aromatic rings. The number of thioether (sulfide) groups is 1. The Labute approximate surface area is 117 Å². The van der Waals surface area contributed by atoms with Crippen LogP contribution in [0.3, 0.4) is 0 Å². The van der Waals surface area contributed by atoms with Crippen LogP contribution in [0, 0.1) is 0 Å². The molecule has 100 valence electrons. The maximum atomic E-state index is 9.54. The molecule has 2 atom stereocenters. The van der Waals surface area contributed by atoms with Gasteiger partial charge < -0.3 is 10.0 Å². The second-order valence-electron chi connectivity index (χ2n) is 4.61. The van der Waals surface area contributed by atoms with Crippen molar-refractivity contribution < 1.29 is 5.11 Å². The molecular weight excluding hydrogens is 270 g/mol. The van der Waals surface area contributed by atoms with Gasteiger partial charge in [-0.1, -0.05) is 23.4 Å². The summed E-state index contributed by atoms with van der Waals surface area (Å²) in [4.78, 5) is 10.9. The standard InChI is InChI=1S/C12H18ClN3OS/c1-8(17)6-9-4-3-5-16(9)11-7-10(13)14-12(15-11)18-2/h7-9,17H,3-6H2,1-2H3. The lowest BCUT2D eigenvalue weighted by atomic mass is 10.1. The Morgan fingerprint density at radius 3 is 3.06 bits per heavy atom. The topological polar surface area (TPSA) is 49.2 Å². The van der Waals surface area contributed by atoms with E-state index in [2.05, 4.69) is 14.9 Å². The van der Waals surface area contributed by atoms with E-state index >= 15 is 0 Å². The Hall–Kier alpha value is -0.520. The van der Waals surface area contributed by atoms with Gasteiger partial charge in [0, 0.05) is 18.7 Å². The van der Waals surface area contributed by atoms with Gasteiger partial charge in [0.25, 0.3) is 0 Å². The molecule has 0 amide bonds. The van der Waals surface area contributed by atoms with Crippen LogP contribution in [0.5, 0.6) is 0 Å². The van der Waals surface area contributed by atoms with Gasteiger partial charge in [0.15, 0.2) is 5.16 Å². The molecule has 1 N–H and O–H groups in total. The predicted octanol–water partition coefficient (Wildman–Crippen LogP) is 2.59. The van der Waals surface area contributed by atoms with E-state index in [-0.39, 0.29) is 6.10 Å². The van der Waals surface area contributed by atoms with E-state index in [1.807, 2.05) is 19.2 Å². The molecular formula is C12H18ClN3OS. The van der Waals surface area contributed by atoms with Gasteiger partial charge in [0.05, 0.1) is 6.10 Å². The van der Waals surface area contributed by atoms with Crippen LogP contribution in [0.1, 0.15) is 26.2 Å². The second kappa shape index (κ2) is 6.08. The van der Waals surface area contributed by atoms with Crippen LogP contribution in [0.25, 0.3) is 0 Å². The first-order valence-corrected chi connectivity index (χ1v) is 7.73. The summed E-state index contributed by atoms with van der Waals surface area (Å²) in [5.74, 6) is 0.877. The van der Waals surface area contributed by atoms with E-state index in [0.29, 0.717) is 16.4 Å². The molecule has 1 aromatic heterocycles. The number of halogens is 1.